The highest BCUT2D eigenvalue weighted by Gasteiger charge is 2.57. The first-order chi connectivity index (χ1) is 13.3. The lowest BCUT2D eigenvalue weighted by Gasteiger charge is -2.42. The highest BCUT2D eigenvalue weighted by molar-refractivity contribution is 5.70. The van der Waals surface area contributed by atoms with Crippen LogP contribution in [0.15, 0.2) is 18.2 Å². The van der Waals surface area contributed by atoms with Crippen LogP contribution in [0.4, 0.5) is 17.6 Å². The zero-order valence-electron chi connectivity index (χ0n) is 16.7. The molecule has 1 aliphatic rings. The molecule has 1 aliphatic heterocycles. The fourth-order valence-electron chi connectivity index (χ4n) is 3.99. The molecule has 0 saturated carbocycles. The van der Waals surface area contributed by atoms with E-state index in [-0.39, 0.29) is 37.2 Å². The van der Waals surface area contributed by atoms with Gasteiger partial charge in [-0.15, -0.1) is 0 Å². The summed E-state index contributed by atoms with van der Waals surface area (Å²) in [6.45, 7) is 2.62. The summed E-state index contributed by atoms with van der Waals surface area (Å²) in [6.07, 6.45) is -5.18. The predicted molar refractivity (Wildman–Crippen MR) is 98.4 cm³/mol. The first kappa shape index (κ1) is 23.4. The Bertz CT molecular complexity index is 730. The largest absolute Gasteiger partial charge is 0.496 e. The van der Waals surface area contributed by atoms with Crippen molar-refractivity contribution in [2.45, 2.75) is 50.3 Å². The number of carboxylic acids is 1. The third kappa shape index (κ3) is 5.39. The van der Waals surface area contributed by atoms with Gasteiger partial charge in [0.25, 0.3) is 0 Å². The zero-order valence-corrected chi connectivity index (χ0v) is 16.7. The smallest absolute Gasteiger partial charge is 0.418 e. The second-order valence-electron chi connectivity index (χ2n) is 8.32. The Morgan fingerprint density at radius 1 is 1.24 bits per heavy atom. The van der Waals surface area contributed by atoms with Crippen molar-refractivity contribution in [2.24, 2.45) is 5.92 Å². The van der Waals surface area contributed by atoms with Gasteiger partial charge in [0, 0.05) is 12.1 Å². The molecule has 1 unspecified atom stereocenters. The van der Waals surface area contributed by atoms with Crippen LogP contribution in [0.5, 0.6) is 5.75 Å². The monoisotopic (exact) mass is 421 g/mol. The van der Waals surface area contributed by atoms with E-state index in [0.717, 1.165) is 12.1 Å². The highest BCUT2D eigenvalue weighted by Crippen LogP contribution is 2.44. The molecule has 0 aromatic heterocycles. The summed E-state index contributed by atoms with van der Waals surface area (Å²) < 4.78 is 60.6. The summed E-state index contributed by atoms with van der Waals surface area (Å²) >= 11 is 0. The number of carbonyl (C=O) groups is 1. The van der Waals surface area contributed by atoms with E-state index in [0.29, 0.717) is 0 Å². The van der Waals surface area contributed by atoms with Gasteiger partial charge >= 0.3 is 12.1 Å². The van der Waals surface area contributed by atoms with Crippen molar-refractivity contribution in [3.05, 3.63) is 29.6 Å². The summed E-state index contributed by atoms with van der Waals surface area (Å²) in [4.78, 5) is 12.5. The Balaban J connectivity index is 2.26. The quantitative estimate of drug-likeness (QED) is 0.659. The molecule has 0 spiro atoms. The molecule has 1 fully saturated rings. The number of nitrogens with zero attached hydrogens (tertiary/aromatic N) is 1. The van der Waals surface area contributed by atoms with Gasteiger partial charge in [0.2, 0.25) is 0 Å². The lowest BCUT2D eigenvalue weighted by molar-refractivity contribution is -0.272. The molecular weight excluding hydrogens is 394 g/mol. The van der Waals surface area contributed by atoms with Crippen LogP contribution in [-0.2, 0) is 10.2 Å². The van der Waals surface area contributed by atoms with E-state index in [1.165, 1.54) is 31.9 Å². The number of aliphatic carboxylic acids is 1. The Labute approximate surface area is 167 Å². The molecule has 1 saturated heterocycles. The molecule has 0 aliphatic carbocycles. The molecule has 2 rings (SSSR count). The van der Waals surface area contributed by atoms with Crippen LogP contribution in [0, 0.1) is 11.7 Å². The summed E-state index contributed by atoms with van der Waals surface area (Å²) in [5, 5.41) is 19.7. The van der Waals surface area contributed by atoms with E-state index in [4.69, 9.17) is 9.84 Å². The molecule has 2 N–H and O–H groups in total. The molecule has 1 aromatic rings. The van der Waals surface area contributed by atoms with Crippen LogP contribution in [0.3, 0.4) is 0 Å². The van der Waals surface area contributed by atoms with E-state index in [1.54, 1.807) is 0 Å². The van der Waals surface area contributed by atoms with E-state index in [1.807, 2.05) is 0 Å². The standard InChI is InChI=1S/C20H27F4NO4/c1-18(2,15-10-14(21)4-5-16(15)29-3)11-19(28,20(22,23)24)12-25-8-6-13(7-9-25)17(26)27/h4-5,10,13,28H,6-9,11-12H2,1-3H3,(H,26,27). The van der Waals surface area contributed by atoms with E-state index in [2.05, 4.69) is 0 Å². The van der Waals surface area contributed by atoms with E-state index >= 15 is 0 Å². The predicted octanol–water partition coefficient (Wildman–Crippen LogP) is 3.59. The van der Waals surface area contributed by atoms with Crippen molar-refractivity contribution < 1.29 is 37.3 Å². The number of carboxylic acid groups (broad SMARTS) is 1. The fourth-order valence-corrected chi connectivity index (χ4v) is 3.99. The Hall–Kier alpha value is -1.87. The molecule has 0 radical (unpaired) electrons. The topological polar surface area (TPSA) is 70.0 Å². The number of methoxy groups -OCH3 is 1. The maximum Gasteiger partial charge on any atom is 0.418 e. The average molecular weight is 421 g/mol. The molecule has 1 atom stereocenters. The second kappa shape index (κ2) is 8.47. The molecule has 0 bridgehead atoms. The van der Waals surface area contributed by atoms with Gasteiger partial charge in [-0.2, -0.15) is 13.2 Å². The third-order valence-corrected chi connectivity index (χ3v) is 5.57. The first-order valence-electron chi connectivity index (χ1n) is 9.37. The van der Waals surface area contributed by atoms with Crippen LogP contribution in [0.1, 0.15) is 38.7 Å². The number of hydrogen-bond acceptors (Lipinski definition) is 4. The summed E-state index contributed by atoms with van der Waals surface area (Å²) in [5.41, 5.74) is -4.08. The Kier molecular flexibility index (Phi) is 6.84. The summed E-state index contributed by atoms with van der Waals surface area (Å²) in [7, 11) is 1.34. The van der Waals surface area contributed by atoms with Crippen LogP contribution in [0.2, 0.25) is 0 Å². The number of alkyl halides is 3. The molecule has 0 amide bonds. The van der Waals surface area contributed by atoms with E-state index < -0.39 is 47.9 Å². The third-order valence-electron chi connectivity index (χ3n) is 5.57. The Morgan fingerprint density at radius 2 is 1.83 bits per heavy atom. The number of aliphatic hydroxyl groups is 1. The maximum absolute atomic E-state index is 13.9. The minimum Gasteiger partial charge on any atom is -0.496 e. The van der Waals surface area contributed by atoms with Gasteiger partial charge in [-0.3, -0.25) is 4.79 Å². The molecule has 1 aromatic carbocycles. The number of halogens is 4. The Morgan fingerprint density at radius 3 is 2.31 bits per heavy atom. The normalized spacial score (nSPS) is 19.0. The van der Waals surface area contributed by atoms with Gasteiger partial charge in [-0.05, 0) is 56.0 Å². The summed E-state index contributed by atoms with van der Waals surface area (Å²) in [6, 6.07) is 3.62. The molecular formula is C20H27F4NO4. The van der Waals surface area contributed by atoms with Crippen molar-refractivity contribution in [3.8, 4) is 5.75 Å². The van der Waals surface area contributed by atoms with Crippen LogP contribution in [-0.4, -0.2) is 59.6 Å². The molecule has 29 heavy (non-hydrogen) atoms. The lowest BCUT2D eigenvalue weighted by Crippen LogP contribution is -2.57. The highest BCUT2D eigenvalue weighted by atomic mass is 19.4. The number of piperidine rings is 1. The van der Waals surface area contributed by atoms with Crippen molar-refractivity contribution in [3.63, 3.8) is 0 Å². The SMILES string of the molecule is COc1ccc(F)cc1C(C)(C)CC(O)(CN1CCC(C(=O)O)CC1)C(F)(F)F. The summed E-state index contributed by atoms with van der Waals surface area (Å²) in [5.74, 6) is -1.92. The number of likely N-dealkylation sites (tertiary alicyclic amines) is 1. The van der Waals surface area contributed by atoms with Crippen molar-refractivity contribution in [1.29, 1.82) is 0 Å². The average Bonchev–Trinajstić information content (AvgIpc) is 2.60. The van der Waals surface area contributed by atoms with Crippen LogP contribution < -0.4 is 4.74 Å². The van der Waals surface area contributed by atoms with Gasteiger partial charge in [-0.1, -0.05) is 13.8 Å². The number of benzene rings is 1. The number of ether oxygens (including phenoxy) is 1. The van der Waals surface area contributed by atoms with Gasteiger partial charge < -0.3 is 19.8 Å². The zero-order chi connectivity index (χ0) is 22.0. The van der Waals surface area contributed by atoms with Gasteiger partial charge in [0.1, 0.15) is 11.6 Å². The van der Waals surface area contributed by atoms with E-state index in [9.17, 15) is 27.5 Å². The van der Waals surface area contributed by atoms with Gasteiger partial charge in [-0.25, -0.2) is 4.39 Å². The van der Waals surface area contributed by atoms with Crippen LogP contribution >= 0.6 is 0 Å². The van der Waals surface area contributed by atoms with Crippen molar-refractivity contribution in [2.75, 3.05) is 26.7 Å². The maximum atomic E-state index is 13.9. The van der Waals surface area contributed by atoms with Crippen molar-refractivity contribution in [1.82, 2.24) is 4.90 Å². The number of rotatable bonds is 7. The van der Waals surface area contributed by atoms with Crippen LogP contribution in [0.25, 0.3) is 0 Å². The lowest BCUT2D eigenvalue weighted by atomic mass is 9.74. The minimum atomic E-state index is -4.92. The first-order valence-corrected chi connectivity index (χ1v) is 9.37. The molecule has 164 valence electrons. The van der Waals surface area contributed by atoms with Crippen molar-refractivity contribution >= 4 is 5.97 Å². The molecule has 1 heterocycles. The number of hydrogen-bond donors (Lipinski definition) is 2. The minimum absolute atomic E-state index is 0.152. The molecule has 9 heteroatoms. The molecule has 5 nitrogen and oxygen atoms in total. The number of β-amino-alcohol motifs (C(OH)–C–C–N with tert-alkyl or cyclic N) is 1. The fraction of sp³-hybridized carbons (Fsp3) is 0.650. The van der Waals surface area contributed by atoms with Gasteiger partial charge in [0.15, 0.2) is 5.60 Å². The second-order valence-corrected chi connectivity index (χ2v) is 8.32. The van der Waals surface area contributed by atoms with Gasteiger partial charge in [0.05, 0.1) is 13.0 Å².